The Morgan fingerprint density at radius 3 is 2.74 bits per heavy atom. The van der Waals surface area contributed by atoms with E-state index in [1.165, 1.54) is 12.8 Å². The minimum absolute atomic E-state index is 0.126. The van der Waals surface area contributed by atoms with Gasteiger partial charge in [-0.1, -0.05) is 18.0 Å². The van der Waals surface area contributed by atoms with Crippen LogP contribution in [-0.4, -0.2) is 48.6 Å². The highest BCUT2D eigenvalue weighted by molar-refractivity contribution is 5.78. The van der Waals surface area contributed by atoms with Crippen molar-refractivity contribution < 1.29 is 9.32 Å². The smallest absolute Gasteiger partial charge is 0.258 e. The van der Waals surface area contributed by atoms with E-state index in [1.807, 2.05) is 27.6 Å². The van der Waals surface area contributed by atoms with Crippen LogP contribution >= 0.6 is 0 Å². The normalized spacial score (nSPS) is 18.0. The maximum Gasteiger partial charge on any atom is 0.258 e. The number of carbonyl (C=O) groups excluding carboxylic acids is 1. The number of nitrogens with zero attached hydrogens (tertiary/aromatic N) is 6. The van der Waals surface area contributed by atoms with Crippen LogP contribution in [0.2, 0.25) is 0 Å². The highest BCUT2D eigenvalue weighted by Gasteiger charge is 2.29. The van der Waals surface area contributed by atoms with E-state index in [0.717, 1.165) is 50.2 Å². The van der Waals surface area contributed by atoms with Gasteiger partial charge in [-0.2, -0.15) is 4.98 Å². The van der Waals surface area contributed by atoms with Crippen LogP contribution in [0.4, 0.5) is 0 Å². The van der Waals surface area contributed by atoms with Gasteiger partial charge in [0.15, 0.2) is 11.5 Å². The molecule has 140 valence electrons. The molecule has 27 heavy (non-hydrogen) atoms. The number of aromatic nitrogens is 5. The Morgan fingerprint density at radius 2 is 1.96 bits per heavy atom. The molecular weight excluding hydrogens is 344 g/mol. The zero-order chi connectivity index (χ0) is 18.2. The van der Waals surface area contributed by atoms with Crippen molar-refractivity contribution in [3.05, 3.63) is 30.0 Å². The standard InChI is InChI=1S/C19H22N6O2/c26-17(24-8-3-1-2-4-9-24)12-16-22-21-15-11-14(7-10-25(15)16)19-20-18(23-27-19)13-5-6-13/h7,10-11,13H,1-6,8-9,12H2. The third-order valence-corrected chi connectivity index (χ3v) is 5.38. The molecular formula is C19H22N6O2. The van der Waals surface area contributed by atoms with E-state index in [2.05, 4.69) is 20.3 Å². The first-order valence-electron chi connectivity index (χ1n) is 9.73. The molecule has 0 spiro atoms. The van der Waals surface area contributed by atoms with Gasteiger partial charge in [-0.25, -0.2) is 0 Å². The lowest BCUT2D eigenvalue weighted by atomic mass is 10.2. The van der Waals surface area contributed by atoms with Gasteiger partial charge in [0.05, 0.1) is 6.42 Å². The quantitative estimate of drug-likeness (QED) is 0.705. The van der Waals surface area contributed by atoms with Crippen molar-refractivity contribution in [2.24, 2.45) is 0 Å². The van der Waals surface area contributed by atoms with Crippen LogP contribution in [0.3, 0.4) is 0 Å². The van der Waals surface area contributed by atoms with Crippen molar-refractivity contribution >= 4 is 11.6 Å². The second kappa shape index (κ2) is 6.75. The Morgan fingerprint density at radius 1 is 1.15 bits per heavy atom. The van der Waals surface area contributed by atoms with Gasteiger partial charge in [0.2, 0.25) is 5.91 Å². The summed E-state index contributed by atoms with van der Waals surface area (Å²) in [5.74, 6) is 2.53. The van der Waals surface area contributed by atoms with Crippen LogP contribution in [0, 0.1) is 0 Å². The van der Waals surface area contributed by atoms with E-state index in [0.29, 0.717) is 23.3 Å². The van der Waals surface area contributed by atoms with Crippen LogP contribution in [-0.2, 0) is 11.2 Å². The molecule has 0 bridgehead atoms. The van der Waals surface area contributed by atoms with E-state index >= 15 is 0 Å². The van der Waals surface area contributed by atoms with Gasteiger partial charge in [-0.05, 0) is 37.8 Å². The second-order valence-corrected chi connectivity index (χ2v) is 7.46. The summed E-state index contributed by atoms with van der Waals surface area (Å²) < 4.78 is 7.24. The van der Waals surface area contributed by atoms with Gasteiger partial charge in [0.25, 0.3) is 5.89 Å². The van der Waals surface area contributed by atoms with Gasteiger partial charge in [0.1, 0.15) is 5.82 Å². The lowest BCUT2D eigenvalue weighted by Gasteiger charge is -2.19. The van der Waals surface area contributed by atoms with Crippen LogP contribution < -0.4 is 0 Å². The van der Waals surface area contributed by atoms with Gasteiger partial charge in [-0.15, -0.1) is 10.2 Å². The SMILES string of the molecule is O=C(Cc1nnc2cc(-c3nc(C4CC4)no3)ccn12)N1CCCCCC1. The second-order valence-electron chi connectivity index (χ2n) is 7.46. The Kier molecular flexibility index (Phi) is 4.10. The summed E-state index contributed by atoms with van der Waals surface area (Å²) in [6.45, 7) is 1.69. The molecule has 3 aromatic rings. The first-order chi connectivity index (χ1) is 13.3. The summed E-state index contributed by atoms with van der Waals surface area (Å²) >= 11 is 0. The maximum absolute atomic E-state index is 12.6. The monoisotopic (exact) mass is 366 g/mol. The molecule has 0 atom stereocenters. The van der Waals surface area contributed by atoms with Crippen molar-refractivity contribution in [2.45, 2.75) is 50.9 Å². The number of fused-ring (bicyclic) bond motifs is 1. The zero-order valence-corrected chi connectivity index (χ0v) is 15.2. The molecule has 1 aliphatic heterocycles. The van der Waals surface area contributed by atoms with Gasteiger partial charge < -0.3 is 9.42 Å². The Labute approximate surface area is 156 Å². The first-order valence-corrected chi connectivity index (χ1v) is 9.73. The molecule has 0 radical (unpaired) electrons. The van der Waals surface area contributed by atoms with Crippen molar-refractivity contribution in [2.75, 3.05) is 13.1 Å². The topological polar surface area (TPSA) is 89.4 Å². The van der Waals surface area contributed by atoms with Crippen LogP contribution in [0.1, 0.15) is 56.1 Å². The lowest BCUT2D eigenvalue weighted by Crippen LogP contribution is -2.33. The summed E-state index contributed by atoms with van der Waals surface area (Å²) in [5, 5.41) is 12.5. The minimum atomic E-state index is 0.126. The zero-order valence-electron chi connectivity index (χ0n) is 15.2. The molecule has 1 aliphatic carbocycles. The fraction of sp³-hybridized carbons (Fsp3) is 0.526. The van der Waals surface area contributed by atoms with Crippen molar-refractivity contribution in [1.29, 1.82) is 0 Å². The molecule has 5 rings (SSSR count). The number of hydrogen-bond acceptors (Lipinski definition) is 6. The molecule has 3 aromatic heterocycles. The van der Waals surface area contributed by atoms with Crippen molar-refractivity contribution in [3.63, 3.8) is 0 Å². The Hall–Kier alpha value is -2.77. The van der Waals surface area contributed by atoms with Gasteiger partial charge in [-0.3, -0.25) is 9.20 Å². The minimum Gasteiger partial charge on any atom is -0.342 e. The summed E-state index contributed by atoms with van der Waals surface area (Å²) in [4.78, 5) is 19.1. The van der Waals surface area contributed by atoms with E-state index in [-0.39, 0.29) is 12.3 Å². The average Bonchev–Trinajstić information content (AvgIpc) is 3.38. The van der Waals surface area contributed by atoms with Crippen molar-refractivity contribution in [3.8, 4) is 11.5 Å². The van der Waals surface area contributed by atoms with Gasteiger partial charge >= 0.3 is 0 Å². The number of likely N-dealkylation sites (tertiary alicyclic amines) is 1. The summed E-state index contributed by atoms with van der Waals surface area (Å²) in [6, 6.07) is 3.78. The number of pyridine rings is 1. The van der Waals surface area contributed by atoms with E-state index in [9.17, 15) is 4.79 Å². The Bertz CT molecular complexity index is 966. The number of rotatable bonds is 4. The molecule has 8 heteroatoms. The molecule has 1 amide bonds. The maximum atomic E-state index is 12.6. The molecule has 4 heterocycles. The summed E-state index contributed by atoms with van der Waals surface area (Å²) in [6.07, 6.45) is 9.00. The van der Waals surface area contributed by atoms with Crippen LogP contribution in [0.25, 0.3) is 17.1 Å². The molecule has 0 aromatic carbocycles. The predicted octanol–water partition coefficient (Wildman–Crippen LogP) is 2.60. The third-order valence-electron chi connectivity index (χ3n) is 5.38. The first kappa shape index (κ1) is 16.4. The molecule has 0 N–H and O–H groups in total. The van der Waals surface area contributed by atoms with Crippen LogP contribution in [0.15, 0.2) is 22.9 Å². The molecule has 8 nitrogen and oxygen atoms in total. The average molecular weight is 366 g/mol. The van der Waals surface area contributed by atoms with Crippen LogP contribution in [0.5, 0.6) is 0 Å². The Balaban J connectivity index is 1.35. The molecule has 1 saturated carbocycles. The molecule has 0 unspecified atom stereocenters. The fourth-order valence-corrected chi connectivity index (χ4v) is 3.62. The molecule has 2 fully saturated rings. The largest absolute Gasteiger partial charge is 0.342 e. The predicted molar refractivity (Wildman–Crippen MR) is 97.0 cm³/mol. The van der Waals surface area contributed by atoms with E-state index in [4.69, 9.17) is 4.52 Å². The highest BCUT2D eigenvalue weighted by atomic mass is 16.5. The molecule has 1 saturated heterocycles. The third kappa shape index (κ3) is 3.31. The number of carbonyl (C=O) groups is 1. The van der Waals surface area contributed by atoms with Crippen molar-refractivity contribution in [1.82, 2.24) is 29.6 Å². The number of amides is 1. The number of hydrogen-bond donors (Lipinski definition) is 0. The molecule has 2 aliphatic rings. The lowest BCUT2D eigenvalue weighted by molar-refractivity contribution is -0.130. The van der Waals surface area contributed by atoms with E-state index < -0.39 is 0 Å². The van der Waals surface area contributed by atoms with E-state index in [1.54, 1.807) is 0 Å². The van der Waals surface area contributed by atoms with Gasteiger partial charge in [0, 0.05) is 30.8 Å². The fourth-order valence-electron chi connectivity index (χ4n) is 3.62. The summed E-state index contributed by atoms with van der Waals surface area (Å²) in [5.41, 5.74) is 1.50. The highest BCUT2D eigenvalue weighted by Crippen LogP contribution is 2.38. The summed E-state index contributed by atoms with van der Waals surface area (Å²) in [7, 11) is 0.